The summed E-state index contributed by atoms with van der Waals surface area (Å²) in [5, 5.41) is 5.98. The Hall–Kier alpha value is -1.59. The first-order valence-electron chi connectivity index (χ1n) is 11.2. The molecule has 0 atom stereocenters. The molecular weight excluding hydrogens is 354 g/mol. The molecule has 0 aromatic heterocycles. The average molecular weight is 392 g/mol. The maximum absolute atomic E-state index is 13.1. The van der Waals surface area contributed by atoms with Crippen molar-refractivity contribution >= 4 is 17.8 Å². The molecule has 3 rings (SSSR count). The molecule has 1 saturated heterocycles. The number of carbonyl (C=O) groups is 3. The van der Waals surface area contributed by atoms with Crippen molar-refractivity contribution < 1.29 is 14.4 Å². The largest absolute Gasteiger partial charge is 0.352 e. The van der Waals surface area contributed by atoms with Gasteiger partial charge in [-0.25, -0.2) is 4.79 Å². The molecule has 0 aromatic carbocycles. The molecular formula is C22H37N3O3. The Morgan fingerprint density at radius 2 is 1.71 bits per heavy atom. The second kappa shape index (κ2) is 8.42. The Labute approximate surface area is 169 Å². The normalized spacial score (nSPS) is 29.7. The maximum Gasteiger partial charge on any atom is 0.325 e. The molecule has 1 spiro atoms. The zero-order valence-electron chi connectivity index (χ0n) is 17.8. The van der Waals surface area contributed by atoms with E-state index in [1.165, 1.54) is 12.8 Å². The highest BCUT2D eigenvalue weighted by Crippen LogP contribution is 2.45. The van der Waals surface area contributed by atoms with Gasteiger partial charge in [-0.2, -0.15) is 0 Å². The molecule has 1 heterocycles. The Morgan fingerprint density at radius 1 is 1.11 bits per heavy atom. The van der Waals surface area contributed by atoms with E-state index < -0.39 is 11.6 Å². The van der Waals surface area contributed by atoms with Gasteiger partial charge in [0.2, 0.25) is 5.91 Å². The van der Waals surface area contributed by atoms with Crippen LogP contribution in [0.15, 0.2) is 0 Å². The Bertz CT molecular complexity index is 600. The number of hydrogen-bond donors (Lipinski definition) is 2. The zero-order valence-corrected chi connectivity index (χ0v) is 17.8. The van der Waals surface area contributed by atoms with Crippen molar-refractivity contribution in [1.29, 1.82) is 0 Å². The van der Waals surface area contributed by atoms with Crippen LogP contribution in [-0.4, -0.2) is 40.9 Å². The number of rotatable bonds is 5. The Balaban J connectivity index is 1.57. The molecule has 4 amide bonds. The second-order valence-corrected chi connectivity index (χ2v) is 9.78. The highest BCUT2D eigenvalue weighted by molar-refractivity contribution is 6.09. The first kappa shape index (κ1) is 21.1. The minimum absolute atomic E-state index is 0.160. The fraction of sp³-hybridized carbons (Fsp3) is 0.864. The monoisotopic (exact) mass is 391 g/mol. The number of imide groups is 1. The minimum atomic E-state index is -0.792. The summed E-state index contributed by atoms with van der Waals surface area (Å²) >= 11 is 0. The first-order valence-corrected chi connectivity index (χ1v) is 11.2. The lowest BCUT2D eigenvalue weighted by molar-refractivity contribution is -0.136. The van der Waals surface area contributed by atoms with Crippen LogP contribution in [0.5, 0.6) is 0 Å². The fourth-order valence-electron chi connectivity index (χ4n) is 5.18. The third-order valence-corrected chi connectivity index (χ3v) is 7.62. The van der Waals surface area contributed by atoms with Crippen molar-refractivity contribution in [2.45, 2.75) is 103 Å². The molecule has 158 valence electrons. The van der Waals surface area contributed by atoms with Gasteiger partial charge in [-0.15, -0.1) is 0 Å². The van der Waals surface area contributed by atoms with Crippen LogP contribution in [-0.2, 0) is 9.59 Å². The molecule has 1 aliphatic heterocycles. The summed E-state index contributed by atoms with van der Waals surface area (Å²) in [6.07, 6.45) is 11.0. The van der Waals surface area contributed by atoms with Crippen LogP contribution in [0.3, 0.4) is 0 Å². The van der Waals surface area contributed by atoms with E-state index >= 15 is 0 Å². The SMILES string of the molecule is CCC(C)(C)C1CCC2(CC1)NC(=O)N(CC(=O)NC1CCCCCC1)C2=O. The molecule has 0 unspecified atom stereocenters. The molecule has 3 fully saturated rings. The molecule has 28 heavy (non-hydrogen) atoms. The van der Waals surface area contributed by atoms with Crippen LogP contribution in [0.1, 0.15) is 91.4 Å². The van der Waals surface area contributed by atoms with Crippen LogP contribution in [0.2, 0.25) is 0 Å². The van der Waals surface area contributed by atoms with Crippen LogP contribution >= 0.6 is 0 Å². The van der Waals surface area contributed by atoms with Crippen LogP contribution < -0.4 is 10.6 Å². The lowest BCUT2D eigenvalue weighted by Crippen LogP contribution is -2.51. The summed E-state index contributed by atoms with van der Waals surface area (Å²) in [7, 11) is 0. The summed E-state index contributed by atoms with van der Waals surface area (Å²) in [6, 6.07) is -0.231. The van der Waals surface area contributed by atoms with E-state index in [2.05, 4.69) is 31.4 Å². The lowest BCUT2D eigenvalue weighted by Gasteiger charge is -2.42. The smallest absolute Gasteiger partial charge is 0.325 e. The van der Waals surface area contributed by atoms with Crippen molar-refractivity contribution in [3.05, 3.63) is 0 Å². The number of nitrogens with zero attached hydrogens (tertiary/aromatic N) is 1. The predicted octanol–water partition coefficient (Wildman–Crippen LogP) is 3.74. The molecule has 2 aliphatic carbocycles. The number of amides is 4. The average Bonchev–Trinajstić information content (AvgIpc) is 2.85. The van der Waals surface area contributed by atoms with E-state index in [4.69, 9.17) is 0 Å². The fourth-order valence-corrected chi connectivity index (χ4v) is 5.18. The number of nitrogens with one attached hydrogen (secondary N) is 2. The van der Waals surface area contributed by atoms with Gasteiger partial charge in [-0.1, -0.05) is 52.9 Å². The van der Waals surface area contributed by atoms with Gasteiger partial charge in [0.1, 0.15) is 12.1 Å². The topological polar surface area (TPSA) is 78.5 Å². The van der Waals surface area contributed by atoms with E-state index in [0.717, 1.165) is 49.8 Å². The second-order valence-electron chi connectivity index (χ2n) is 9.78. The van der Waals surface area contributed by atoms with Gasteiger partial charge in [-0.3, -0.25) is 14.5 Å². The molecule has 0 aromatic rings. The van der Waals surface area contributed by atoms with E-state index in [9.17, 15) is 14.4 Å². The van der Waals surface area contributed by atoms with Gasteiger partial charge in [0, 0.05) is 6.04 Å². The standard InChI is InChI=1S/C22H37N3O3/c1-4-21(2,3)16-11-13-22(14-12-16)19(27)25(20(28)24-22)15-18(26)23-17-9-7-5-6-8-10-17/h16-17H,4-15H2,1-3H3,(H,23,26)(H,24,28). The van der Waals surface area contributed by atoms with Crippen LogP contribution in [0.4, 0.5) is 4.79 Å². The van der Waals surface area contributed by atoms with Gasteiger partial charge >= 0.3 is 6.03 Å². The van der Waals surface area contributed by atoms with Crippen molar-refractivity contribution in [1.82, 2.24) is 15.5 Å². The van der Waals surface area contributed by atoms with E-state index in [0.29, 0.717) is 18.8 Å². The Kier molecular flexibility index (Phi) is 6.35. The van der Waals surface area contributed by atoms with Crippen molar-refractivity contribution in [3.63, 3.8) is 0 Å². The van der Waals surface area contributed by atoms with Gasteiger partial charge < -0.3 is 10.6 Å². The van der Waals surface area contributed by atoms with Crippen molar-refractivity contribution in [2.75, 3.05) is 6.54 Å². The third-order valence-electron chi connectivity index (χ3n) is 7.62. The summed E-state index contributed by atoms with van der Waals surface area (Å²) in [4.78, 5) is 39.2. The number of urea groups is 1. The first-order chi connectivity index (χ1) is 13.3. The van der Waals surface area contributed by atoms with Gasteiger partial charge in [0.05, 0.1) is 0 Å². The quantitative estimate of drug-likeness (QED) is 0.553. The summed E-state index contributed by atoms with van der Waals surface area (Å²) in [6.45, 7) is 6.62. The van der Waals surface area contributed by atoms with Crippen LogP contribution in [0, 0.1) is 11.3 Å². The Morgan fingerprint density at radius 3 is 2.29 bits per heavy atom. The van der Waals surface area contributed by atoms with Crippen molar-refractivity contribution in [2.24, 2.45) is 11.3 Å². The van der Waals surface area contributed by atoms with Crippen LogP contribution in [0.25, 0.3) is 0 Å². The molecule has 6 heteroatoms. The zero-order chi connectivity index (χ0) is 20.4. The molecule has 2 saturated carbocycles. The summed E-state index contributed by atoms with van der Waals surface area (Å²) in [5.74, 6) is 0.148. The predicted molar refractivity (Wildman–Crippen MR) is 109 cm³/mol. The molecule has 6 nitrogen and oxygen atoms in total. The molecule has 0 radical (unpaired) electrons. The molecule has 3 aliphatic rings. The molecule has 0 bridgehead atoms. The van der Waals surface area contributed by atoms with Gasteiger partial charge in [0.25, 0.3) is 5.91 Å². The number of hydrogen-bond acceptors (Lipinski definition) is 3. The lowest BCUT2D eigenvalue weighted by atomic mass is 9.65. The maximum atomic E-state index is 13.1. The highest BCUT2D eigenvalue weighted by atomic mass is 16.2. The highest BCUT2D eigenvalue weighted by Gasteiger charge is 2.53. The summed E-state index contributed by atoms with van der Waals surface area (Å²) < 4.78 is 0. The van der Waals surface area contributed by atoms with Gasteiger partial charge in [0.15, 0.2) is 0 Å². The summed E-state index contributed by atoms with van der Waals surface area (Å²) in [5.41, 5.74) is -0.536. The number of carbonyl (C=O) groups excluding carboxylic acids is 3. The van der Waals surface area contributed by atoms with Crippen molar-refractivity contribution in [3.8, 4) is 0 Å². The van der Waals surface area contributed by atoms with E-state index in [1.54, 1.807) is 0 Å². The van der Waals surface area contributed by atoms with E-state index in [1.807, 2.05) is 0 Å². The van der Waals surface area contributed by atoms with E-state index in [-0.39, 0.29) is 29.8 Å². The third kappa shape index (κ3) is 4.36. The van der Waals surface area contributed by atoms with Gasteiger partial charge in [-0.05, 0) is 49.9 Å². The molecule has 2 N–H and O–H groups in total. The minimum Gasteiger partial charge on any atom is -0.352 e.